The van der Waals surface area contributed by atoms with E-state index in [2.05, 4.69) is 31.4 Å². The van der Waals surface area contributed by atoms with Crippen molar-refractivity contribution in [2.75, 3.05) is 5.43 Å². The molecule has 0 aliphatic heterocycles. The van der Waals surface area contributed by atoms with E-state index in [4.69, 9.17) is 0 Å². The lowest BCUT2D eigenvalue weighted by Gasteiger charge is -1.98. The topological polar surface area (TPSA) is 37.3 Å². The van der Waals surface area contributed by atoms with E-state index in [1.54, 1.807) is 12.3 Å². The van der Waals surface area contributed by atoms with Crippen molar-refractivity contribution >= 4 is 38.6 Å². The molecule has 0 unspecified atom stereocenters. The minimum Gasteiger partial charge on any atom is -0.253 e. The highest BCUT2D eigenvalue weighted by molar-refractivity contribution is 9.10. The van der Waals surface area contributed by atoms with Crippen molar-refractivity contribution in [2.24, 2.45) is 5.10 Å². The van der Waals surface area contributed by atoms with Crippen molar-refractivity contribution in [3.8, 4) is 0 Å². The van der Waals surface area contributed by atoms with Gasteiger partial charge in [0.2, 0.25) is 5.13 Å². The Hall–Kier alpha value is -1.27. The lowest BCUT2D eigenvalue weighted by Crippen LogP contribution is -1.91. The summed E-state index contributed by atoms with van der Waals surface area (Å²) in [6, 6.07) is 4.44. The largest absolute Gasteiger partial charge is 0.253 e. The summed E-state index contributed by atoms with van der Waals surface area (Å²) < 4.78 is 13.5. The van der Waals surface area contributed by atoms with E-state index in [1.165, 1.54) is 23.5 Å². The molecule has 0 aliphatic rings. The zero-order chi connectivity index (χ0) is 12.3. The van der Waals surface area contributed by atoms with Crippen LogP contribution in [0.1, 0.15) is 11.3 Å². The monoisotopic (exact) mass is 313 g/mol. The van der Waals surface area contributed by atoms with Crippen molar-refractivity contribution in [2.45, 2.75) is 6.92 Å². The second-order valence-corrected chi connectivity index (χ2v) is 5.04. The molecule has 0 atom stereocenters. The lowest BCUT2D eigenvalue weighted by molar-refractivity contribution is 0.627. The Morgan fingerprint density at radius 2 is 2.35 bits per heavy atom. The molecule has 88 valence electrons. The summed E-state index contributed by atoms with van der Waals surface area (Å²) in [6.45, 7) is 1.92. The van der Waals surface area contributed by atoms with Gasteiger partial charge in [-0.25, -0.2) is 9.37 Å². The number of thiazole rings is 1. The fourth-order valence-electron chi connectivity index (χ4n) is 1.17. The van der Waals surface area contributed by atoms with E-state index in [1.807, 2.05) is 12.3 Å². The quantitative estimate of drug-likeness (QED) is 0.691. The number of nitrogens with one attached hydrogen (secondary N) is 1. The SMILES string of the molecule is Cc1csc(NN=Cc2ccc(F)cc2Br)n1. The molecule has 0 fully saturated rings. The molecule has 0 saturated heterocycles. The third-order valence-electron chi connectivity index (χ3n) is 1.95. The first kappa shape index (κ1) is 12.2. The molecule has 1 aromatic heterocycles. The molecule has 2 aromatic rings. The van der Waals surface area contributed by atoms with E-state index >= 15 is 0 Å². The third-order valence-corrected chi connectivity index (χ3v) is 3.50. The van der Waals surface area contributed by atoms with Gasteiger partial charge in [-0.2, -0.15) is 5.10 Å². The Balaban J connectivity index is 2.05. The number of nitrogens with zero attached hydrogens (tertiary/aromatic N) is 2. The zero-order valence-electron chi connectivity index (χ0n) is 8.95. The first-order chi connectivity index (χ1) is 8.15. The van der Waals surface area contributed by atoms with Gasteiger partial charge in [0.05, 0.1) is 11.9 Å². The van der Waals surface area contributed by atoms with E-state index in [0.29, 0.717) is 4.47 Å². The number of benzene rings is 1. The maximum absolute atomic E-state index is 12.8. The number of halogens is 2. The van der Waals surface area contributed by atoms with Gasteiger partial charge < -0.3 is 0 Å². The molecule has 0 saturated carbocycles. The van der Waals surface area contributed by atoms with Crippen LogP contribution in [-0.4, -0.2) is 11.2 Å². The summed E-state index contributed by atoms with van der Waals surface area (Å²) in [4.78, 5) is 4.20. The fourth-order valence-corrected chi connectivity index (χ4v) is 2.26. The fraction of sp³-hybridized carbons (Fsp3) is 0.0909. The highest BCUT2D eigenvalue weighted by atomic mass is 79.9. The Bertz CT molecular complexity index is 553. The maximum atomic E-state index is 12.8. The number of aromatic nitrogens is 1. The molecular weight excluding hydrogens is 305 g/mol. The molecule has 0 bridgehead atoms. The molecule has 0 aliphatic carbocycles. The summed E-state index contributed by atoms with van der Waals surface area (Å²) in [5.74, 6) is -0.280. The summed E-state index contributed by atoms with van der Waals surface area (Å²) >= 11 is 4.75. The van der Waals surface area contributed by atoms with Gasteiger partial charge in [-0.15, -0.1) is 11.3 Å². The number of hydrogen-bond donors (Lipinski definition) is 1. The van der Waals surface area contributed by atoms with Crippen LogP contribution >= 0.6 is 27.3 Å². The van der Waals surface area contributed by atoms with Crippen LogP contribution in [0.2, 0.25) is 0 Å². The summed E-state index contributed by atoms with van der Waals surface area (Å²) in [5.41, 5.74) is 4.57. The van der Waals surface area contributed by atoms with Gasteiger partial charge >= 0.3 is 0 Å². The molecule has 2 rings (SSSR count). The Labute approximate surface area is 111 Å². The second kappa shape index (κ2) is 5.37. The number of aryl methyl sites for hydroxylation is 1. The van der Waals surface area contributed by atoms with Crippen LogP contribution in [0.15, 0.2) is 33.2 Å². The van der Waals surface area contributed by atoms with E-state index in [0.717, 1.165) is 16.4 Å². The smallest absolute Gasteiger partial charge is 0.203 e. The van der Waals surface area contributed by atoms with E-state index in [-0.39, 0.29) is 5.82 Å². The van der Waals surface area contributed by atoms with Gasteiger partial charge in [0.1, 0.15) is 5.82 Å². The number of hydrogen-bond acceptors (Lipinski definition) is 4. The molecule has 3 nitrogen and oxygen atoms in total. The van der Waals surface area contributed by atoms with Crippen molar-refractivity contribution < 1.29 is 4.39 Å². The van der Waals surface area contributed by atoms with Crippen LogP contribution in [-0.2, 0) is 0 Å². The van der Waals surface area contributed by atoms with E-state index in [9.17, 15) is 4.39 Å². The third kappa shape index (κ3) is 3.34. The zero-order valence-corrected chi connectivity index (χ0v) is 11.3. The van der Waals surface area contributed by atoms with Crippen LogP contribution in [0, 0.1) is 12.7 Å². The highest BCUT2D eigenvalue weighted by Crippen LogP contribution is 2.17. The van der Waals surface area contributed by atoms with Gasteiger partial charge in [-0.05, 0) is 25.1 Å². The standard InChI is InChI=1S/C11H9BrFN3S/c1-7-6-17-11(15-7)16-14-5-8-2-3-9(13)4-10(8)12/h2-6H,1H3,(H,15,16). The average molecular weight is 314 g/mol. The average Bonchev–Trinajstić information content (AvgIpc) is 2.68. The minimum atomic E-state index is -0.280. The molecule has 1 N–H and O–H groups in total. The number of anilines is 1. The van der Waals surface area contributed by atoms with Gasteiger partial charge in [-0.1, -0.05) is 15.9 Å². The summed E-state index contributed by atoms with van der Waals surface area (Å²) in [5, 5.41) is 6.71. The summed E-state index contributed by atoms with van der Waals surface area (Å²) in [6.07, 6.45) is 1.61. The molecule has 17 heavy (non-hydrogen) atoms. The van der Waals surface area contributed by atoms with Gasteiger partial charge in [-0.3, -0.25) is 5.43 Å². The van der Waals surface area contributed by atoms with Crippen LogP contribution in [0.25, 0.3) is 0 Å². The van der Waals surface area contributed by atoms with Crippen molar-refractivity contribution in [1.29, 1.82) is 0 Å². The first-order valence-electron chi connectivity index (χ1n) is 4.81. The molecule has 1 heterocycles. The Morgan fingerprint density at radius 3 is 3.00 bits per heavy atom. The molecule has 1 aromatic carbocycles. The van der Waals surface area contributed by atoms with Crippen LogP contribution in [0.4, 0.5) is 9.52 Å². The normalized spacial score (nSPS) is 11.0. The van der Waals surface area contributed by atoms with Gasteiger partial charge in [0.25, 0.3) is 0 Å². The van der Waals surface area contributed by atoms with Crippen LogP contribution in [0.5, 0.6) is 0 Å². The minimum absolute atomic E-state index is 0.280. The second-order valence-electron chi connectivity index (χ2n) is 3.33. The number of rotatable bonds is 3. The predicted molar refractivity (Wildman–Crippen MR) is 72.2 cm³/mol. The number of hydrazone groups is 1. The molecule has 0 spiro atoms. The lowest BCUT2D eigenvalue weighted by atomic mass is 10.2. The van der Waals surface area contributed by atoms with Crippen molar-refractivity contribution in [3.05, 3.63) is 45.1 Å². The molecule has 0 radical (unpaired) electrons. The predicted octanol–water partition coefficient (Wildman–Crippen LogP) is 3.80. The first-order valence-corrected chi connectivity index (χ1v) is 6.48. The molecular formula is C11H9BrFN3S. The van der Waals surface area contributed by atoms with E-state index < -0.39 is 0 Å². The van der Waals surface area contributed by atoms with Gasteiger partial charge in [0, 0.05) is 15.4 Å². The Morgan fingerprint density at radius 1 is 1.53 bits per heavy atom. The van der Waals surface area contributed by atoms with Gasteiger partial charge in [0.15, 0.2) is 0 Å². The van der Waals surface area contributed by atoms with Crippen molar-refractivity contribution in [3.63, 3.8) is 0 Å². The summed E-state index contributed by atoms with van der Waals surface area (Å²) in [7, 11) is 0. The van der Waals surface area contributed by atoms with Crippen LogP contribution < -0.4 is 5.43 Å². The highest BCUT2D eigenvalue weighted by Gasteiger charge is 1.99. The Kier molecular flexibility index (Phi) is 3.86. The maximum Gasteiger partial charge on any atom is 0.203 e. The molecule has 0 amide bonds. The van der Waals surface area contributed by atoms with Crippen molar-refractivity contribution in [1.82, 2.24) is 4.98 Å². The van der Waals surface area contributed by atoms with Crippen LogP contribution in [0.3, 0.4) is 0 Å². The molecule has 6 heteroatoms.